The van der Waals surface area contributed by atoms with Crippen molar-refractivity contribution in [2.75, 3.05) is 12.4 Å². The van der Waals surface area contributed by atoms with E-state index in [1.165, 1.54) is 19.2 Å². The van der Waals surface area contributed by atoms with Gasteiger partial charge in [0, 0.05) is 42.5 Å². The van der Waals surface area contributed by atoms with E-state index in [2.05, 4.69) is 15.4 Å². The molecule has 1 aliphatic rings. The molecule has 26 heavy (non-hydrogen) atoms. The van der Waals surface area contributed by atoms with Crippen molar-refractivity contribution in [2.24, 2.45) is 7.05 Å². The van der Waals surface area contributed by atoms with Crippen molar-refractivity contribution < 1.29 is 13.9 Å². The van der Waals surface area contributed by atoms with E-state index in [1.807, 2.05) is 13.2 Å². The number of aromatic amines is 1. The SMILES string of the molecule is COc1ccc(NC(=O)c2c[nH]c3c2-c2nn(C)cc2CCC3)cc1F. The predicted octanol–water partition coefficient (Wildman–Crippen LogP) is 3.30. The van der Waals surface area contributed by atoms with E-state index < -0.39 is 5.82 Å². The van der Waals surface area contributed by atoms with E-state index in [1.54, 1.807) is 16.9 Å². The van der Waals surface area contributed by atoms with Gasteiger partial charge >= 0.3 is 0 Å². The highest BCUT2D eigenvalue weighted by Gasteiger charge is 2.25. The van der Waals surface area contributed by atoms with Gasteiger partial charge in [-0.2, -0.15) is 5.10 Å². The number of ether oxygens (including phenoxy) is 1. The molecule has 2 N–H and O–H groups in total. The average Bonchev–Trinajstić information content (AvgIpc) is 3.14. The summed E-state index contributed by atoms with van der Waals surface area (Å²) in [6, 6.07) is 4.34. The topological polar surface area (TPSA) is 71.9 Å². The first-order chi connectivity index (χ1) is 12.6. The van der Waals surface area contributed by atoms with E-state index in [-0.39, 0.29) is 11.7 Å². The molecule has 7 heteroatoms. The van der Waals surface area contributed by atoms with Crippen molar-refractivity contribution in [3.8, 4) is 17.0 Å². The molecule has 6 nitrogen and oxygen atoms in total. The largest absolute Gasteiger partial charge is 0.494 e. The number of anilines is 1. The molecule has 4 rings (SSSR count). The minimum atomic E-state index is -0.523. The van der Waals surface area contributed by atoms with E-state index in [0.717, 1.165) is 41.8 Å². The van der Waals surface area contributed by atoms with Crippen molar-refractivity contribution in [1.29, 1.82) is 0 Å². The van der Waals surface area contributed by atoms with Crippen LogP contribution in [-0.4, -0.2) is 27.8 Å². The van der Waals surface area contributed by atoms with Crippen LogP contribution in [0.5, 0.6) is 5.75 Å². The van der Waals surface area contributed by atoms with E-state index in [4.69, 9.17) is 4.74 Å². The Morgan fingerprint density at radius 1 is 1.38 bits per heavy atom. The van der Waals surface area contributed by atoms with Gasteiger partial charge in [0.15, 0.2) is 11.6 Å². The van der Waals surface area contributed by atoms with Crippen molar-refractivity contribution in [1.82, 2.24) is 14.8 Å². The maximum atomic E-state index is 13.9. The highest BCUT2D eigenvalue weighted by molar-refractivity contribution is 6.09. The van der Waals surface area contributed by atoms with Gasteiger partial charge in [0.05, 0.1) is 18.4 Å². The zero-order valence-corrected chi connectivity index (χ0v) is 14.6. The van der Waals surface area contributed by atoms with Crippen LogP contribution in [-0.2, 0) is 19.9 Å². The van der Waals surface area contributed by atoms with Gasteiger partial charge in [-0.15, -0.1) is 0 Å². The molecule has 2 aromatic heterocycles. The van der Waals surface area contributed by atoms with Gasteiger partial charge in [0.1, 0.15) is 0 Å². The molecule has 134 valence electrons. The van der Waals surface area contributed by atoms with Gasteiger partial charge in [-0.25, -0.2) is 4.39 Å². The van der Waals surface area contributed by atoms with E-state index in [0.29, 0.717) is 11.3 Å². The molecular formula is C19H19FN4O2. The third-order valence-electron chi connectivity index (χ3n) is 4.63. The van der Waals surface area contributed by atoms with Crippen LogP contribution in [0.2, 0.25) is 0 Å². The highest BCUT2D eigenvalue weighted by atomic mass is 19.1. The van der Waals surface area contributed by atoms with Gasteiger partial charge in [0.2, 0.25) is 0 Å². The van der Waals surface area contributed by atoms with Crippen LogP contribution in [0.1, 0.15) is 28.0 Å². The average molecular weight is 354 g/mol. The summed E-state index contributed by atoms with van der Waals surface area (Å²) in [4.78, 5) is 16.0. The summed E-state index contributed by atoms with van der Waals surface area (Å²) in [6.07, 6.45) is 6.48. The molecule has 0 saturated carbocycles. The molecule has 0 spiro atoms. The van der Waals surface area contributed by atoms with E-state index >= 15 is 0 Å². The number of hydrogen-bond donors (Lipinski definition) is 2. The van der Waals surface area contributed by atoms with Crippen molar-refractivity contribution >= 4 is 11.6 Å². The number of rotatable bonds is 3. The number of carbonyl (C=O) groups is 1. The molecular weight excluding hydrogens is 335 g/mol. The van der Waals surface area contributed by atoms with Crippen LogP contribution in [0, 0.1) is 5.82 Å². The molecule has 0 aliphatic heterocycles. The fourth-order valence-electron chi connectivity index (χ4n) is 3.44. The molecule has 0 saturated heterocycles. The Labute approximate surface area is 150 Å². The number of nitrogens with zero attached hydrogens (tertiary/aromatic N) is 2. The molecule has 1 amide bonds. The number of aromatic nitrogens is 3. The third-order valence-corrected chi connectivity index (χ3v) is 4.63. The number of carbonyl (C=O) groups excluding carboxylic acids is 1. The number of halogens is 1. The maximum Gasteiger partial charge on any atom is 0.257 e. The van der Waals surface area contributed by atoms with Gasteiger partial charge in [-0.3, -0.25) is 9.48 Å². The fourth-order valence-corrected chi connectivity index (χ4v) is 3.44. The van der Waals surface area contributed by atoms with Crippen molar-refractivity contribution in [2.45, 2.75) is 19.3 Å². The number of methoxy groups -OCH3 is 1. The Morgan fingerprint density at radius 2 is 2.23 bits per heavy atom. The lowest BCUT2D eigenvalue weighted by Crippen LogP contribution is -2.12. The van der Waals surface area contributed by atoms with Crippen LogP contribution >= 0.6 is 0 Å². The smallest absolute Gasteiger partial charge is 0.257 e. The summed E-state index contributed by atoms with van der Waals surface area (Å²) in [6.45, 7) is 0. The number of amides is 1. The summed E-state index contributed by atoms with van der Waals surface area (Å²) in [7, 11) is 3.27. The van der Waals surface area contributed by atoms with Crippen molar-refractivity contribution in [3.05, 3.63) is 53.2 Å². The van der Waals surface area contributed by atoms with Crippen LogP contribution in [0.3, 0.4) is 0 Å². The summed E-state index contributed by atoms with van der Waals surface area (Å²) in [5.41, 5.74) is 4.71. The maximum absolute atomic E-state index is 13.9. The molecule has 3 aromatic rings. The quantitative estimate of drug-likeness (QED) is 0.758. The predicted molar refractivity (Wildman–Crippen MR) is 95.9 cm³/mol. The Kier molecular flexibility index (Phi) is 3.99. The molecule has 0 bridgehead atoms. The second-order valence-electron chi connectivity index (χ2n) is 6.39. The molecule has 0 unspecified atom stereocenters. The normalized spacial score (nSPS) is 12.9. The Balaban J connectivity index is 1.69. The number of H-pyrrole nitrogens is 1. The lowest BCUT2D eigenvalue weighted by Gasteiger charge is -2.08. The van der Waals surface area contributed by atoms with Gasteiger partial charge < -0.3 is 15.0 Å². The lowest BCUT2D eigenvalue weighted by atomic mass is 10.0. The van der Waals surface area contributed by atoms with Crippen LogP contribution in [0.4, 0.5) is 10.1 Å². The van der Waals surface area contributed by atoms with E-state index in [9.17, 15) is 9.18 Å². The second kappa shape index (κ2) is 6.33. The second-order valence-corrected chi connectivity index (χ2v) is 6.39. The number of nitrogens with one attached hydrogen (secondary N) is 2. The standard InChI is InChI=1S/C19H19FN4O2/c1-24-10-11-4-3-5-15-17(18(11)23-24)13(9-21-15)19(25)22-12-6-7-16(26-2)14(20)8-12/h6-10,21H,3-5H2,1-2H3,(H,22,25). The Hall–Kier alpha value is -3.09. The van der Waals surface area contributed by atoms with Gasteiger partial charge in [-0.05, 0) is 37.0 Å². The summed E-state index contributed by atoms with van der Waals surface area (Å²) in [5.74, 6) is -0.688. The first-order valence-electron chi connectivity index (χ1n) is 8.45. The highest BCUT2D eigenvalue weighted by Crippen LogP contribution is 2.34. The number of aryl methyl sites for hydroxylation is 3. The molecule has 1 aromatic carbocycles. The summed E-state index contributed by atoms with van der Waals surface area (Å²) in [5, 5.41) is 7.31. The van der Waals surface area contributed by atoms with Gasteiger partial charge in [-0.1, -0.05) is 0 Å². The molecule has 2 heterocycles. The molecule has 0 radical (unpaired) electrons. The first-order valence-corrected chi connectivity index (χ1v) is 8.45. The summed E-state index contributed by atoms with van der Waals surface area (Å²) < 4.78 is 20.5. The number of hydrogen-bond acceptors (Lipinski definition) is 3. The zero-order chi connectivity index (χ0) is 18.3. The van der Waals surface area contributed by atoms with Crippen LogP contribution in [0.15, 0.2) is 30.6 Å². The number of benzene rings is 1. The first kappa shape index (κ1) is 16.4. The van der Waals surface area contributed by atoms with Gasteiger partial charge in [0.25, 0.3) is 5.91 Å². The third kappa shape index (κ3) is 2.75. The fraction of sp³-hybridized carbons (Fsp3) is 0.263. The molecule has 1 aliphatic carbocycles. The Morgan fingerprint density at radius 3 is 3.00 bits per heavy atom. The molecule has 0 atom stereocenters. The minimum absolute atomic E-state index is 0.136. The minimum Gasteiger partial charge on any atom is -0.494 e. The van der Waals surface area contributed by atoms with Crippen LogP contribution in [0.25, 0.3) is 11.3 Å². The number of fused-ring (bicyclic) bond motifs is 3. The zero-order valence-electron chi connectivity index (χ0n) is 14.6. The lowest BCUT2D eigenvalue weighted by molar-refractivity contribution is 0.102. The monoisotopic (exact) mass is 354 g/mol. The summed E-state index contributed by atoms with van der Waals surface area (Å²) >= 11 is 0. The molecule has 0 fully saturated rings. The van der Waals surface area contributed by atoms with Crippen molar-refractivity contribution in [3.63, 3.8) is 0 Å². The Bertz CT molecular complexity index is 990. The van der Waals surface area contributed by atoms with Crippen LogP contribution < -0.4 is 10.1 Å².